The molecule has 5 nitrogen and oxygen atoms in total. The van der Waals surface area contributed by atoms with E-state index in [1.807, 2.05) is 0 Å². The van der Waals surface area contributed by atoms with Gasteiger partial charge in [-0.2, -0.15) is 0 Å². The van der Waals surface area contributed by atoms with Gasteiger partial charge in [-0.25, -0.2) is 0 Å². The van der Waals surface area contributed by atoms with Crippen molar-refractivity contribution in [2.45, 2.75) is 47.0 Å². The van der Waals surface area contributed by atoms with E-state index in [9.17, 15) is 4.79 Å². The maximum Gasteiger partial charge on any atom is 0.225 e. The lowest BCUT2D eigenvalue weighted by Gasteiger charge is -2.30. The summed E-state index contributed by atoms with van der Waals surface area (Å²) in [6.45, 7) is 9.01. The van der Waals surface area contributed by atoms with Crippen molar-refractivity contribution in [3.05, 3.63) is 11.8 Å². The average molecular weight is 267 g/mol. The predicted octanol–water partition coefficient (Wildman–Crippen LogP) is 2.71. The summed E-state index contributed by atoms with van der Waals surface area (Å²) in [6.07, 6.45) is 2.26. The molecular weight excluding hydrogens is 242 g/mol. The Morgan fingerprint density at radius 3 is 2.63 bits per heavy atom. The van der Waals surface area contributed by atoms with Crippen LogP contribution in [0.5, 0.6) is 0 Å². The number of aromatic nitrogens is 1. The van der Waals surface area contributed by atoms with Crippen LogP contribution in [0.3, 0.4) is 0 Å². The largest absolute Gasteiger partial charge is 0.360 e. The molecule has 1 aromatic heterocycles. The fraction of sp³-hybridized carbons (Fsp3) is 0.714. The number of aryl methyl sites for hydroxylation is 1. The molecule has 5 heteroatoms. The number of nitrogens with zero attached hydrogens (tertiary/aromatic N) is 1. The third kappa shape index (κ3) is 5.42. The molecule has 0 fully saturated rings. The average Bonchev–Trinajstić information content (AvgIpc) is 2.68. The summed E-state index contributed by atoms with van der Waals surface area (Å²) in [7, 11) is 0. The maximum absolute atomic E-state index is 11.8. The zero-order chi connectivity index (χ0) is 14.5. The highest BCUT2D eigenvalue weighted by molar-refractivity contribution is 5.89. The van der Waals surface area contributed by atoms with E-state index < -0.39 is 0 Å². The molecular formula is C14H25N3O2. The summed E-state index contributed by atoms with van der Waals surface area (Å²) < 4.78 is 4.90. The third-order valence-corrected chi connectivity index (χ3v) is 3.36. The number of nitrogens with two attached hydrogens (primary N) is 1. The number of hydrogen-bond donors (Lipinski definition) is 2. The van der Waals surface area contributed by atoms with Gasteiger partial charge in [0.25, 0.3) is 0 Å². The van der Waals surface area contributed by atoms with Crippen LogP contribution in [0.1, 0.15) is 45.8 Å². The number of hydrogen-bond acceptors (Lipinski definition) is 4. The van der Waals surface area contributed by atoms with Gasteiger partial charge in [0, 0.05) is 12.5 Å². The highest BCUT2D eigenvalue weighted by Gasteiger charge is 2.24. The van der Waals surface area contributed by atoms with Crippen LogP contribution < -0.4 is 11.1 Å². The molecule has 3 N–H and O–H groups in total. The second kappa shape index (κ2) is 6.70. The van der Waals surface area contributed by atoms with Gasteiger partial charge >= 0.3 is 0 Å². The molecule has 1 atom stereocenters. The Hall–Kier alpha value is -1.36. The third-order valence-electron chi connectivity index (χ3n) is 3.36. The van der Waals surface area contributed by atoms with E-state index in [-0.39, 0.29) is 11.3 Å². The van der Waals surface area contributed by atoms with Gasteiger partial charge in [-0.05, 0) is 37.6 Å². The van der Waals surface area contributed by atoms with E-state index in [1.54, 1.807) is 13.0 Å². The number of rotatable bonds is 6. The number of carbonyl (C=O) groups excluding carboxylic acids is 1. The second-order valence-electron chi connectivity index (χ2n) is 6.05. The zero-order valence-corrected chi connectivity index (χ0v) is 12.3. The summed E-state index contributed by atoms with van der Waals surface area (Å²) in [6, 6.07) is 1.71. The molecule has 1 amide bonds. The van der Waals surface area contributed by atoms with Crippen molar-refractivity contribution in [1.82, 2.24) is 5.16 Å². The van der Waals surface area contributed by atoms with Crippen molar-refractivity contribution in [2.24, 2.45) is 17.1 Å². The van der Waals surface area contributed by atoms with Gasteiger partial charge < -0.3 is 15.6 Å². The highest BCUT2D eigenvalue weighted by atomic mass is 16.5. The summed E-state index contributed by atoms with van der Waals surface area (Å²) >= 11 is 0. The number of carbonyl (C=O) groups is 1. The van der Waals surface area contributed by atoms with Crippen molar-refractivity contribution in [1.29, 1.82) is 0 Å². The minimum atomic E-state index is -0.0282. The van der Waals surface area contributed by atoms with Gasteiger partial charge in [0.15, 0.2) is 5.82 Å². The molecule has 0 aliphatic carbocycles. The van der Waals surface area contributed by atoms with Crippen LogP contribution in [0.2, 0.25) is 0 Å². The summed E-state index contributed by atoms with van der Waals surface area (Å²) in [5.74, 6) is 1.58. The standard InChI is InChI=1S/C14H25N3O2/c1-10-9-12(17-19-10)16-13(18)6-5-11(7-8-15)14(2,3)4/h9,11H,5-8,15H2,1-4H3,(H,16,17,18). The summed E-state index contributed by atoms with van der Waals surface area (Å²) in [4.78, 5) is 11.8. The molecule has 1 rings (SSSR count). The first-order valence-corrected chi connectivity index (χ1v) is 6.76. The molecule has 1 heterocycles. The molecule has 0 radical (unpaired) electrons. The van der Waals surface area contributed by atoms with Crippen molar-refractivity contribution < 1.29 is 9.32 Å². The number of anilines is 1. The first-order chi connectivity index (χ1) is 8.82. The van der Waals surface area contributed by atoms with Crippen LogP contribution in [0.4, 0.5) is 5.82 Å². The molecule has 0 saturated carbocycles. The molecule has 0 aliphatic rings. The Morgan fingerprint density at radius 1 is 1.47 bits per heavy atom. The molecule has 0 aliphatic heterocycles. The van der Waals surface area contributed by atoms with Gasteiger partial charge in [-0.1, -0.05) is 25.9 Å². The van der Waals surface area contributed by atoms with E-state index in [2.05, 4.69) is 31.2 Å². The molecule has 1 aromatic rings. The van der Waals surface area contributed by atoms with Gasteiger partial charge in [-0.15, -0.1) is 0 Å². The minimum Gasteiger partial charge on any atom is -0.360 e. The zero-order valence-electron chi connectivity index (χ0n) is 12.3. The van der Waals surface area contributed by atoms with Crippen molar-refractivity contribution in [3.63, 3.8) is 0 Å². The highest BCUT2D eigenvalue weighted by Crippen LogP contribution is 2.32. The van der Waals surface area contributed by atoms with E-state index >= 15 is 0 Å². The SMILES string of the molecule is Cc1cc(NC(=O)CCC(CCN)C(C)(C)C)no1. The molecule has 108 valence electrons. The topological polar surface area (TPSA) is 81.2 Å². The molecule has 0 spiro atoms. The van der Waals surface area contributed by atoms with E-state index in [0.29, 0.717) is 30.5 Å². The van der Waals surface area contributed by atoms with Gasteiger partial charge in [0.1, 0.15) is 5.76 Å². The van der Waals surface area contributed by atoms with Crippen molar-refractivity contribution in [3.8, 4) is 0 Å². The first kappa shape index (κ1) is 15.7. The van der Waals surface area contributed by atoms with Gasteiger partial charge in [-0.3, -0.25) is 4.79 Å². The normalized spacial score (nSPS) is 13.3. The monoisotopic (exact) mass is 267 g/mol. The Labute approximate surface area is 114 Å². The van der Waals surface area contributed by atoms with Gasteiger partial charge in [0.05, 0.1) is 0 Å². The smallest absolute Gasteiger partial charge is 0.225 e. The Kier molecular flexibility index (Phi) is 5.54. The van der Waals surface area contributed by atoms with Crippen LogP contribution in [0, 0.1) is 18.3 Å². The maximum atomic E-state index is 11.8. The quantitative estimate of drug-likeness (QED) is 0.830. The minimum absolute atomic E-state index is 0.0282. The number of amides is 1. The molecule has 0 bridgehead atoms. The van der Waals surface area contributed by atoms with Crippen LogP contribution in [-0.4, -0.2) is 17.6 Å². The Morgan fingerprint density at radius 2 is 2.16 bits per heavy atom. The van der Waals surface area contributed by atoms with Crippen molar-refractivity contribution in [2.75, 3.05) is 11.9 Å². The lowest BCUT2D eigenvalue weighted by atomic mass is 9.76. The van der Waals surface area contributed by atoms with E-state index in [1.165, 1.54) is 0 Å². The van der Waals surface area contributed by atoms with Crippen LogP contribution in [0.15, 0.2) is 10.6 Å². The first-order valence-electron chi connectivity index (χ1n) is 6.76. The van der Waals surface area contributed by atoms with Crippen LogP contribution in [0.25, 0.3) is 0 Å². The molecule has 1 unspecified atom stereocenters. The Bertz CT molecular complexity index is 407. The van der Waals surface area contributed by atoms with Crippen molar-refractivity contribution >= 4 is 11.7 Å². The molecule has 0 aromatic carbocycles. The Balaban J connectivity index is 2.43. The predicted molar refractivity (Wildman–Crippen MR) is 75.7 cm³/mol. The second-order valence-corrected chi connectivity index (χ2v) is 6.05. The summed E-state index contributed by atoms with van der Waals surface area (Å²) in [5.41, 5.74) is 5.81. The van der Waals surface area contributed by atoms with Gasteiger partial charge in [0.2, 0.25) is 5.91 Å². The summed E-state index contributed by atoms with van der Waals surface area (Å²) in [5, 5.41) is 6.48. The lowest BCUT2D eigenvalue weighted by molar-refractivity contribution is -0.116. The van der Waals surface area contributed by atoms with Crippen LogP contribution >= 0.6 is 0 Å². The number of nitrogens with one attached hydrogen (secondary N) is 1. The lowest BCUT2D eigenvalue weighted by Crippen LogP contribution is -2.25. The van der Waals surface area contributed by atoms with E-state index in [0.717, 1.165) is 12.8 Å². The fourth-order valence-corrected chi connectivity index (χ4v) is 2.15. The van der Waals surface area contributed by atoms with E-state index in [4.69, 9.17) is 10.3 Å². The van der Waals surface area contributed by atoms with Crippen LogP contribution in [-0.2, 0) is 4.79 Å². The molecule has 0 saturated heterocycles. The molecule has 19 heavy (non-hydrogen) atoms. The fourth-order valence-electron chi connectivity index (χ4n) is 2.15.